The zero-order valence-electron chi connectivity index (χ0n) is 20.9. The molecule has 4 heterocycles. The molecule has 0 unspecified atom stereocenters. The Labute approximate surface area is 223 Å². The molecule has 1 fully saturated rings. The van der Waals surface area contributed by atoms with Crippen molar-refractivity contribution in [3.63, 3.8) is 0 Å². The van der Waals surface area contributed by atoms with E-state index in [0.717, 1.165) is 17.4 Å². The van der Waals surface area contributed by atoms with Gasteiger partial charge in [0.15, 0.2) is 11.4 Å². The van der Waals surface area contributed by atoms with Crippen LogP contribution in [0.2, 0.25) is 0 Å². The molecular formula is C25H21F3N8O4. The average Bonchev–Trinajstić information content (AvgIpc) is 3.71. The van der Waals surface area contributed by atoms with Crippen molar-refractivity contribution < 1.29 is 27.8 Å². The number of ether oxygens (including phenoxy) is 1. The lowest BCUT2D eigenvalue weighted by Crippen LogP contribution is -2.26. The van der Waals surface area contributed by atoms with E-state index in [1.165, 1.54) is 36.1 Å². The lowest BCUT2D eigenvalue weighted by atomic mass is 10.2. The van der Waals surface area contributed by atoms with Crippen molar-refractivity contribution in [2.45, 2.75) is 25.6 Å². The third-order valence-electron chi connectivity index (χ3n) is 6.14. The quantitative estimate of drug-likeness (QED) is 0.297. The van der Waals surface area contributed by atoms with Gasteiger partial charge in [-0.2, -0.15) is 23.4 Å². The molecule has 0 aliphatic heterocycles. The summed E-state index contributed by atoms with van der Waals surface area (Å²) in [5.74, 6) is 0.389. The number of carbonyl (C=O) groups is 1. The molecule has 4 aromatic heterocycles. The van der Waals surface area contributed by atoms with Crippen LogP contribution in [0.25, 0.3) is 11.2 Å². The highest BCUT2D eigenvalue weighted by Gasteiger charge is 2.33. The molecule has 0 atom stereocenters. The summed E-state index contributed by atoms with van der Waals surface area (Å²) in [5.41, 5.74) is -2.05. The molecule has 1 aliphatic carbocycles. The molecule has 1 amide bonds. The van der Waals surface area contributed by atoms with Crippen molar-refractivity contribution in [2.75, 3.05) is 17.2 Å². The van der Waals surface area contributed by atoms with E-state index in [1.54, 1.807) is 0 Å². The van der Waals surface area contributed by atoms with E-state index in [4.69, 9.17) is 4.74 Å². The fourth-order valence-corrected chi connectivity index (χ4v) is 3.97. The van der Waals surface area contributed by atoms with Gasteiger partial charge in [0.2, 0.25) is 11.9 Å². The van der Waals surface area contributed by atoms with Gasteiger partial charge in [-0.1, -0.05) is 0 Å². The van der Waals surface area contributed by atoms with Crippen molar-refractivity contribution in [3.8, 4) is 17.6 Å². The number of pyridine rings is 3. The number of nitrogens with zero attached hydrogens (tertiary/aromatic N) is 6. The maximum Gasteiger partial charge on any atom is 0.417 e. The number of halogens is 3. The van der Waals surface area contributed by atoms with Gasteiger partial charge >= 0.3 is 6.18 Å². The number of alkyl halides is 3. The predicted molar refractivity (Wildman–Crippen MR) is 135 cm³/mol. The summed E-state index contributed by atoms with van der Waals surface area (Å²) in [6.07, 6.45) is 0.225. The number of anilines is 3. The summed E-state index contributed by atoms with van der Waals surface area (Å²) < 4.78 is 48.3. The van der Waals surface area contributed by atoms with Crippen LogP contribution in [0.3, 0.4) is 0 Å². The van der Waals surface area contributed by atoms with Crippen molar-refractivity contribution >= 4 is 34.5 Å². The lowest BCUT2D eigenvalue weighted by molar-refractivity contribution is -0.138. The Morgan fingerprint density at radius 1 is 1.30 bits per heavy atom. The Kier molecular flexibility index (Phi) is 6.86. The van der Waals surface area contributed by atoms with Crippen LogP contribution < -0.4 is 20.9 Å². The van der Waals surface area contributed by atoms with E-state index in [9.17, 15) is 33.1 Å². The summed E-state index contributed by atoms with van der Waals surface area (Å²) in [7, 11) is 1.49. The minimum absolute atomic E-state index is 0.0233. The first-order chi connectivity index (χ1) is 19.1. The molecule has 5 rings (SSSR count). The molecule has 1 aliphatic rings. The van der Waals surface area contributed by atoms with Crippen LogP contribution >= 0.6 is 0 Å². The fraction of sp³-hybridized carbons (Fsp3) is 0.280. The number of carbonyl (C=O) groups excluding carboxylic acids is 1. The second-order valence-electron chi connectivity index (χ2n) is 9.01. The third-order valence-corrected chi connectivity index (χ3v) is 6.14. The Bertz CT molecular complexity index is 1720. The number of nitriles is 1. The summed E-state index contributed by atoms with van der Waals surface area (Å²) in [6.45, 7) is -0.890. The van der Waals surface area contributed by atoms with Crippen molar-refractivity contribution in [1.29, 1.82) is 5.26 Å². The molecule has 4 aromatic rings. The first kappa shape index (κ1) is 26.6. The number of nitrogens with one attached hydrogen (secondary N) is 2. The van der Waals surface area contributed by atoms with Crippen molar-refractivity contribution in [2.24, 2.45) is 13.0 Å². The number of hydrogen-bond acceptors (Lipinski definition) is 9. The first-order valence-electron chi connectivity index (χ1n) is 12.0. The van der Waals surface area contributed by atoms with Crippen molar-refractivity contribution in [1.82, 2.24) is 24.1 Å². The molecule has 0 bridgehead atoms. The largest absolute Gasteiger partial charge is 0.454 e. The van der Waals surface area contributed by atoms with E-state index in [-0.39, 0.29) is 58.4 Å². The molecule has 0 radical (unpaired) electrons. The van der Waals surface area contributed by atoms with Crippen molar-refractivity contribution in [3.05, 3.63) is 58.3 Å². The normalized spacial score (nSPS) is 13.2. The van der Waals surface area contributed by atoms with Crippen LogP contribution in [0.5, 0.6) is 11.5 Å². The second kappa shape index (κ2) is 10.3. The smallest absolute Gasteiger partial charge is 0.417 e. The van der Waals surface area contributed by atoms with Gasteiger partial charge < -0.3 is 29.6 Å². The van der Waals surface area contributed by atoms with E-state index < -0.39 is 29.6 Å². The number of imidazole rings is 1. The van der Waals surface area contributed by atoms with Crippen LogP contribution in [-0.4, -0.2) is 41.7 Å². The van der Waals surface area contributed by atoms with Gasteiger partial charge in [0.05, 0.1) is 18.4 Å². The summed E-state index contributed by atoms with van der Waals surface area (Å²) in [4.78, 5) is 37.4. The number of aromatic nitrogens is 5. The third kappa shape index (κ3) is 5.29. The molecular weight excluding hydrogens is 533 g/mol. The highest BCUT2D eigenvalue weighted by molar-refractivity contribution is 5.93. The number of fused-ring (bicyclic) bond motifs is 1. The Hall–Kier alpha value is -4.97. The Balaban J connectivity index is 1.48. The minimum Gasteiger partial charge on any atom is -0.454 e. The topological polar surface area (TPSA) is 160 Å². The number of amides is 1. The highest BCUT2D eigenvalue weighted by Crippen LogP contribution is 2.34. The SMILES string of the molecule is Cn1c(Nc2cc(C(F)(F)F)cn(CCO)c2=O)nc2ncc(Oc3ccnc(NC(=O)C4CC4)c3)c(C#N)c21. The summed E-state index contributed by atoms with van der Waals surface area (Å²) in [6, 6.07) is 5.70. The molecule has 0 aromatic carbocycles. The van der Waals surface area contributed by atoms with Gasteiger partial charge in [0.1, 0.15) is 34.4 Å². The molecule has 12 nitrogen and oxygen atoms in total. The number of aryl methyl sites for hydroxylation is 1. The monoisotopic (exact) mass is 554 g/mol. The number of hydrogen-bond donors (Lipinski definition) is 3. The van der Waals surface area contributed by atoms with Gasteiger partial charge in [-0.25, -0.2) is 9.97 Å². The molecule has 3 N–H and O–H groups in total. The lowest BCUT2D eigenvalue weighted by Gasteiger charge is -2.14. The van der Waals surface area contributed by atoms with Gasteiger partial charge in [-0.15, -0.1) is 0 Å². The highest BCUT2D eigenvalue weighted by atomic mass is 19.4. The van der Waals surface area contributed by atoms with Crippen LogP contribution in [0.4, 0.5) is 30.6 Å². The maximum absolute atomic E-state index is 13.4. The molecule has 40 heavy (non-hydrogen) atoms. The van der Waals surface area contributed by atoms with Gasteiger partial charge in [-0.05, 0) is 25.0 Å². The molecule has 0 spiro atoms. The van der Waals surface area contributed by atoms with Gasteiger partial charge in [-0.3, -0.25) is 9.59 Å². The molecule has 15 heteroatoms. The Morgan fingerprint density at radius 2 is 2.08 bits per heavy atom. The fourth-order valence-electron chi connectivity index (χ4n) is 3.97. The van der Waals surface area contributed by atoms with Gasteiger partial charge in [0, 0.05) is 38.0 Å². The summed E-state index contributed by atoms with van der Waals surface area (Å²) in [5, 5.41) is 24.4. The molecule has 0 saturated heterocycles. The second-order valence-corrected chi connectivity index (χ2v) is 9.01. The molecule has 206 valence electrons. The standard InChI is InChI=1S/C25H21F3N8O4/c1-35-20-16(10-29)18(40-15-4-5-30-19(9-15)33-22(38)13-2-3-13)11-31-21(20)34-24(35)32-17-8-14(25(26,27)28)12-36(6-7-37)23(17)39/h4-5,8-9,11-13,37H,2-3,6-7H2,1H3,(H,30,33,38)(H,31,32,34). The number of aliphatic hydroxyl groups excluding tert-OH is 1. The number of rotatable bonds is 8. The average molecular weight is 554 g/mol. The molecule has 1 saturated carbocycles. The van der Waals surface area contributed by atoms with E-state index in [0.29, 0.717) is 12.3 Å². The van der Waals surface area contributed by atoms with E-state index in [1.807, 2.05) is 6.07 Å². The van der Waals surface area contributed by atoms with E-state index in [2.05, 4.69) is 25.6 Å². The van der Waals surface area contributed by atoms with E-state index >= 15 is 0 Å². The zero-order chi connectivity index (χ0) is 28.6. The first-order valence-corrected chi connectivity index (χ1v) is 12.0. The number of aliphatic hydroxyl groups is 1. The zero-order valence-corrected chi connectivity index (χ0v) is 20.9. The van der Waals surface area contributed by atoms with Crippen LogP contribution in [0.1, 0.15) is 24.0 Å². The maximum atomic E-state index is 13.4. The predicted octanol–water partition coefficient (Wildman–Crippen LogP) is 3.29. The van der Waals surface area contributed by atoms with Crippen LogP contribution in [-0.2, 0) is 24.6 Å². The van der Waals surface area contributed by atoms with Gasteiger partial charge in [0.25, 0.3) is 5.56 Å². The Morgan fingerprint density at radius 3 is 2.75 bits per heavy atom. The minimum atomic E-state index is -4.75. The summed E-state index contributed by atoms with van der Waals surface area (Å²) >= 11 is 0. The van der Waals surface area contributed by atoms with Crippen LogP contribution in [0.15, 0.2) is 41.6 Å². The van der Waals surface area contributed by atoms with Crippen LogP contribution in [0, 0.1) is 17.2 Å².